The summed E-state index contributed by atoms with van der Waals surface area (Å²) in [4.78, 5) is 107. The van der Waals surface area contributed by atoms with Crippen LogP contribution in [0.2, 0.25) is 5.02 Å². The van der Waals surface area contributed by atoms with Gasteiger partial charge in [0.1, 0.15) is 59.6 Å². The Balaban J connectivity index is 1.15. The predicted octanol–water partition coefficient (Wildman–Crippen LogP) is 5.09. The van der Waals surface area contributed by atoms with Gasteiger partial charge in [-0.2, -0.15) is 0 Å². The van der Waals surface area contributed by atoms with Crippen molar-refractivity contribution in [2.75, 3.05) is 58.0 Å². The summed E-state index contributed by atoms with van der Waals surface area (Å²) < 4.78 is 58.8. The summed E-state index contributed by atoms with van der Waals surface area (Å²) in [5.41, 5.74) is -1.06. The van der Waals surface area contributed by atoms with Crippen molar-refractivity contribution in [3.05, 3.63) is 117 Å². The maximum atomic E-state index is 15.0. The van der Waals surface area contributed by atoms with E-state index < -0.39 is 87.1 Å². The van der Waals surface area contributed by atoms with Gasteiger partial charge in [-0.15, -0.1) is 11.3 Å². The van der Waals surface area contributed by atoms with Crippen LogP contribution in [0.25, 0.3) is 0 Å². The number of carbonyl (C=O) groups excluding carboxylic acids is 7. The summed E-state index contributed by atoms with van der Waals surface area (Å²) in [6.07, 6.45) is -0.385. The molecule has 1 aromatic heterocycles. The van der Waals surface area contributed by atoms with Crippen molar-refractivity contribution >= 4 is 103 Å². The normalized spacial score (nSPS) is 17.4. The number of benzene rings is 3. The number of thiazole rings is 1. The molecule has 2 N–H and O–H groups in total. The number of imide groups is 1. The molecule has 2 saturated heterocycles. The summed E-state index contributed by atoms with van der Waals surface area (Å²) in [6.45, 7) is 14.5. The highest BCUT2D eigenvalue weighted by molar-refractivity contribution is 7.92. The first-order valence-electron chi connectivity index (χ1n) is 26.3. The maximum Gasteiger partial charge on any atom is 0.417 e. The Kier molecular flexibility index (Phi) is 20.7. The van der Waals surface area contributed by atoms with Crippen LogP contribution in [0.3, 0.4) is 0 Å². The minimum atomic E-state index is -1.96. The first kappa shape index (κ1) is 63.8. The van der Waals surface area contributed by atoms with E-state index in [-0.39, 0.29) is 81.7 Å². The number of nitrogens with one attached hydrogen (secondary N) is 2. The lowest BCUT2D eigenvalue weighted by Gasteiger charge is -2.50. The molecule has 0 saturated carbocycles. The molecule has 4 heterocycles. The molecular weight excluding hydrogens is 1150 g/mol. The molecule has 5 amide bonds. The fourth-order valence-electron chi connectivity index (χ4n) is 9.19. The van der Waals surface area contributed by atoms with E-state index in [1.165, 1.54) is 17.5 Å². The number of likely N-dealkylation sites (tertiary alicyclic amines) is 1. The smallest absolute Gasteiger partial charge is 0.417 e. The lowest BCUT2D eigenvalue weighted by atomic mass is 10.0. The molecule has 0 aliphatic carbocycles. The molecular formula is C55H65B2ClN7O17S2+. The van der Waals surface area contributed by atoms with Crippen molar-refractivity contribution in [3.8, 4) is 23.0 Å². The molecule has 0 spiro atoms. The number of hydrogen-bond acceptors (Lipinski definition) is 20. The number of fused-ring (bicyclic) bond motifs is 1. The SMILES string of the molecule is BOC(=O)C(=C)O/N=C(\C(=O)N[C@@H]1C(=O)N2C(C(=O)OB)=C(C[N+]3(CCN(C(=O)OC(C)(C)C)C(=O)c4ccc(OCc5ccc(OC)cc5)c(OCc5ccc(OC)cc5)c4Cl)CCCC3)C[S+]([O-])[C@H]12)c1csc(NC(=O)OC(C)(C)C)n1. The first-order chi connectivity index (χ1) is 39.8. The molecule has 24 nitrogen and oxygen atoms in total. The molecule has 84 heavy (non-hydrogen) atoms. The fraction of sp³-hybridized carbons (Fsp3) is 0.400. The van der Waals surface area contributed by atoms with E-state index in [2.05, 4.69) is 32.0 Å². The number of quaternary nitrogens is 1. The van der Waals surface area contributed by atoms with Crippen LogP contribution in [0.5, 0.6) is 23.0 Å². The molecule has 3 aliphatic rings. The van der Waals surface area contributed by atoms with Crippen LogP contribution in [-0.4, -0.2) is 163 Å². The van der Waals surface area contributed by atoms with Gasteiger partial charge in [0.05, 0.1) is 56.6 Å². The van der Waals surface area contributed by atoms with Gasteiger partial charge in [0.15, 0.2) is 28.4 Å². The Morgan fingerprint density at radius 2 is 1.50 bits per heavy atom. The molecule has 3 aromatic carbocycles. The van der Waals surface area contributed by atoms with Crippen molar-refractivity contribution in [2.24, 2.45) is 5.16 Å². The molecule has 2 fully saturated rings. The van der Waals surface area contributed by atoms with Crippen molar-refractivity contribution in [1.29, 1.82) is 0 Å². The van der Waals surface area contributed by atoms with Gasteiger partial charge in [-0.3, -0.25) is 24.6 Å². The van der Waals surface area contributed by atoms with E-state index in [9.17, 15) is 38.1 Å². The van der Waals surface area contributed by atoms with Crippen molar-refractivity contribution in [2.45, 2.75) is 90.2 Å². The zero-order valence-electron chi connectivity index (χ0n) is 48.2. The third-order valence-corrected chi connectivity index (χ3v) is 16.0. The van der Waals surface area contributed by atoms with E-state index in [0.717, 1.165) is 48.4 Å². The predicted molar refractivity (Wildman–Crippen MR) is 313 cm³/mol. The van der Waals surface area contributed by atoms with Crippen LogP contribution in [0.4, 0.5) is 14.7 Å². The van der Waals surface area contributed by atoms with Crippen molar-refractivity contribution < 1.29 is 85.2 Å². The number of anilines is 1. The molecule has 446 valence electrons. The van der Waals surface area contributed by atoms with Gasteiger partial charge in [0, 0.05) is 18.2 Å². The molecule has 0 bridgehead atoms. The van der Waals surface area contributed by atoms with Gasteiger partial charge >= 0.3 is 40.2 Å². The molecule has 3 atom stereocenters. The van der Waals surface area contributed by atoms with Gasteiger partial charge in [-0.05, 0) is 107 Å². The van der Waals surface area contributed by atoms with E-state index in [4.69, 9.17) is 49.5 Å². The van der Waals surface area contributed by atoms with Crippen LogP contribution in [0, 0.1) is 0 Å². The topological polar surface area (TPSA) is 281 Å². The Morgan fingerprint density at radius 1 is 0.893 bits per heavy atom. The average Bonchev–Trinajstić information content (AvgIpc) is 0.851. The summed E-state index contributed by atoms with van der Waals surface area (Å²) in [6, 6.07) is 15.9. The summed E-state index contributed by atoms with van der Waals surface area (Å²) in [5, 5.41) is 8.68. The second-order valence-electron chi connectivity index (χ2n) is 21.5. The largest absolute Gasteiger partial charge is 0.614 e. The summed E-state index contributed by atoms with van der Waals surface area (Å²) in [5.74, 6) is -3.93. The van der Waals surface area contributed by atoms with Gasteiger partial charge < -0.3 is 56.9 Å². The molecule has 29 heteroatoms. The number of nitrogens with zero attached hydrogens (tertiary/aromatic N) is 5. The van der Waals surface area contributed by atoms with Crippen LogP contribution in [-0.2, 0) is 67.2 Å². The molecule has 3 aliphatic heterocycles. The third kappa shape index (κ3) is 15.7. The standard InChI is InChI=1S/C55H64B2ClN7O17S2/c1-31(49(69)80-56)82-62-41(38-29-83-51(59-38)61-52(71)78-54(2,3)4)45(66)60-42-47(68)64-43(50(70)81-57)34(30-84(73)48(42)64)26-65(23-10-11-24-65)25-22-63(53(72)79-55(5,6)7)46(67)37-20-21-39(76-27-32-12-16-35(74-8)17-13-32)44(40(37)58)77-28-33-14-18-36(75-9)19-15-33/h12-21,29,42,48H,1,10-11,22-28,30,56-57H2,2-9H3,(H-,59,60,61,66,71)/p+1/b62-41-/t42-,48-,84?/m1/s1. The average molecular weight is 1220 g/mol. The third-order valence-electron chi connectivity index (χ3n) is 13.2. The molecule has 1 unspecified atom stereocenters. The number of β-lactam (4-membered cyclic amide) rings is 1. The van der Waals surface area contributed by atoms with E-state index >= 15 is 0 Å². The lowest BCUT2D eigenvalue weighted by Crippen LogP contribution is -2.75. The highest BCUT2D eigenvalue weighted by Crippen LogP contribution is 2.41. The number of amides is 5. The zero-order valence-corrected chi connectivity index (χ0v) is 50.5. The minimum absolute atomic E-state index is 0.0109. The number of halogens is 1. The van der Waals surface area contributed by atoms with Gasteiger partial charge in [0.2, 0.25) is 11.1 Å². The minimum Gasteiger partial charge on any atom is -0.614 e. The van der Waals surface area contributed by atoms with Gasteiger partial charge in [-0.1, -0.05) is 41.0 Å². The van der Waals surface area contributed by atoms with Crippen LogP contribution < -0.4 is 29.6 Å². The Morgan fingerprint density at radius 3 is 2.07 bits per heavy atom. The number of ether oxygens (including phenoxy) is 6. The number of oxime groups is 1. The fourth-order valence-corrected chi connectivity index (χ4v) is 11.8. The van der Waals surface area contributed by atoms with Crippen LogP contribution in [0.15, 0.2) is 94.8 Å². The molecule has 7 rings (SSSR count). The summed E-state index contributed by atoms with van der Waals surface area (Å²) >= 11 is 6.07. The molecule has 4 aromatic rings. The first-order valence-corrected chi connectivity index (χ1v) is 29.0. The maximum absolute atomic E-state index is 15.0. The highest BCUT2D eigenvalue weighted by Gasteiger charge is 2.62. The number of rotatable bonds is 22. The number of aromatic nitrogens is 1. The second kappa shape index (κ2) is 27.3. The van der Waals surface area contributed by atoms with Gasteiger partial charge in [0.25, 0.3) is 17.7 Å². The van der Waals surface area contributed by atoms with E-state index in [1.54, 1.807) is 80.0 Å². The van der Waals surface area contributed by atoms with Gasteiger partial charge in [-0.25, -0.2) is 29.1 Å². The Hall–Kier alpha value is -7.78. The Bertz CT molecular complexity index is 3220. The lowest BCUT2D eigenvalue weighted by molar-refractivity contribution is -0.911. The van der Waals surface area contributed by atoms with Crippen molar-refractivity contribution in [1.82, 2.24) is 20.1 Å². The van der Waals surface area contributed by atoms with Crippen molar-refractivity contribution in [3.63, 3.8) is 0 Å². The summed E-state index contributed by atoms with van der Waals surface area (Å²) in [7, 11) is 5.32. The number of methoxy groups -OCH3 is 2. The van der Waals surface area contributed by atoms with E-state index in [1.807, 2.05) is 24.3 Å². The highest BCUT2D eigenvalue weighted by atomic mass is 35.5. The van der Waals surface area contributed by atoms with Crippen LogP contribution >= 0.6 is 22.9 Å². The number of hydrogen-bond donors (Lipinski definition) is 2. The zero-order chi connectivity index (χ0) is 61.3. The second-order valence-corrected chi connectivity index (χ2v) is 24.2. The monoisotopic (exact) mass is 1220 g/mol. The number of carbonyl (C=O) groups is 7. The van der Waals surface area contributed by atoms with E-state index in [0.29, 0.717) is 43.0 Å². The van der Waals surface area contributed by atoms with Crippen LogP contribution in [0.1, 0.15) is 81.6 Å². The Labute approximate surface area is 499 Å². The molecule has 0 radical (unpaired) electrons. The quantitative estimate of drug-likeness (QED) is 0.0151.